The Kier molecular flexibility index (Phi) is 10.3. The summed E-state index contributed by atoms with van der Waals surface area (Å²) < 4.78 is -0.618. The Morgan fingerprint density at radius 3 is 2.74 bits per heavy atom. The molecule has 0 spiro atoms. The summed E-state index contributed by atoms with van der Waals surface area (Å²) in [5, 5.41) is 12.6. The van der Waals surface area contributed by atoms with Crippen molar-refractivity contribution in [3.05, 3.63) is 0 Å². The van der Waals surface area contributed by atoms with Gasteiger partial charge in [-0.3, -0.25) is 4.79 Å². The first-order chi connectivity index (χ1) is 10.9. The number of amides is 1. The Labute approximate surface area is 155 Å². The highest BCUT2D eigenvalue weighted by Gasteiger charge is 2.33. The first-order valence-corrected chi connectivity index (χ1v) is 12.7. The van der Waals surface area contributed by atoms with Gasteiger partial charge in [-0.1, -0.05) is 69.4 Å². The number of unbranched alkanes of at least 4 members (excludes halogenated alkanes) is 2. The number of rotatable bonds is 5. The molecule has 0 aromatic carbocycles. The van der Waals surface area contributed by atoms with E-state index >= 15 is 0 Å². The van der Waals surface area contributed by atoms with Crippen molar-refractivity contribution in [1.82, 2.24) is 5.32 Å². The second kappa shape index (κ2) is 11.1. The molecule has 0 radical (unpaired) electrons. The molecule has 8 heteroatoms. The van der Waals surface area contributed by atoms with Crippen molar-refractivity contribution in [3.8, 4) is 0 Å². The van der Waals surface area contributed by atoms with Gasteiger partial charge in [0.15, 0.2) is 0 Å². The van der Waals surface area contributed by atoms with Gasteiger partial charge in [0.1, 0.15) is 6.04 Å². The molecule has 4 nitrogen and oxygen atoms in total. The molecule has 1 heterocycles. The SMILES string of the molecule is CCCCC[C@H]1CCSSC(C)(C)C(=O)N[C@@H](C(=O)O)CSS1. The van der Waals surface area contributed by atoms with Gasteiger partial charge >= 0.3 is 5.97 Å². The van der Waals surface area contributed by atoms with Crippen LogP contribution >= 0.6 is 43.2 Å². The molecule has 0 aromatic rings. The van der Waals surface area contributed by atoms with Gasteiger partial charge in [0.2, 0.25) is 5.91 Å². The standard InChI is InChI=1S/C15H27NO3S4/c1-4-5-6-7-11-8-9-20-23-15(2,3)14(19)16-12(13(17)18)10-21-22-11/h11-12H,4-10H2,1-3H3,(H,16,19)(H,17,18)/t11-,12+/m0/s1. The molecule has 134 valence electrons. The highest BCUT2D eigenvalue weighted by Crippen LogP contribution is 2.40. The van der Waals surface area contributed by atoms with Crippen LogP contribution in [0.3, 0.4) is 0 Å². The second-order valence-corrected chi connectivity index (χ2v) is 11.8. The monoisotopic (exact) mass is 397 g/mol. The van der Waals surface area contributed by atoms with Gasteiger partial charge in [0.25, 0.3) is 0 Å². The van der Waals surface area contributed by atoms with E-state index in [1.54, 1.807) is 43.2 Å². The van der Waals surface area contributed by atoms with E-state index in [1.165, 1.54) is 25.7 Å². The lowest BCUT2D eigenvalue weighted by Crippen LogP contribution is -2.49. The Bertz CT molecular complexity index is 393. The maximum Gasteiger partial charge on any atom is 0.327 e. The summed E-state index contributed by atoms with van der Waals surface area (Å²) in [6, 6.07) is -0.819. The van der Waals surface area contributed by atoms with E-state index in [1.807, 2.05) is 13.8 Å². The molecule has 0 bridgehead atoms. The number of hydrogen-bond acceptors (Lipinski definition) is 6. The number of aliphatic carboxylic acids is 1. The van der Waals surface area contributed by atoms with Crippen molar-refractivity contribution in [1.29, 1.82) is 0 Å². The van der Waals surface area contributed by atoms with Crippen LogP contribution in [0.2, 0.25) is 0 Å². The van der Waals surface area contributed by atoms with Gasteiger partial charge in [-0.05, 0) is 26.7 Å². The fourth-order valence-electron chi connectivity index (χ4n) is 1.98. The molecule has 1 amide bonds. The smallest absolute Gasteiger partial charge is 0.327 e. The molecular weight excluding hydrogens is 370 g/mol. The predicted molar refractivity (Wildman–Crippen MR) is 106 cm³/mol. The second-order valence-electron chi connectivity index (χ2n) is 6.07. The number of carbonyl (C=O) groups excluding carboxylic acids is 1. The predicted octanol–water partition coefficient (Wildman–Crippen LogP) is 4.45. The van der Waals surface area contributed by atoms with E-state index in [4.69, 9.17) is 0 Å². The molecule has 0 aliphatic carbocycles. The molecule has 0 unspecified atom stereocenters. The van der Waals surface area contributed by atoms with Crippen LogP contribution < -0.4 is 5.32 Å². The summed E-state index contributed by atoms with van der Waals surface area (Å²) in [6.45, 7) is 5.91. The minimum atomic E-state index is -0.959. The van der Waals surface area contributed by atoms with Gasteiger partial charge in [-0.2, -0.15) is 0 Å². The van der Waals surface area contributed by atoms with Crippen molar-refractivity contribution < 1.29 is 14.7 Å². The highest BCUT2D eigenvalue weighted by atomic mass is 33.1. The molecular formula is C15H27NO3S4. The summed E-state index contributed by atoms with van der Waals surface area (Å²) in [5.41, 5.74) is 0. The summed E-state index contributed by atoms with van der Waals surface area (Å²) in [4.78, 5) is 23.7. The van der Waals surface area contributed by atoms with Gasteiger partial charge in [0.05, 0.1) is 4.75 Å². The van der Waals surface area contributed by atoms with Crippen molar-refractivity contribution >= 4 is 55.1 Å². The van der Waals surface area contributed by atoms with Gasteiger partial charge in [-0.15, -0.1) is 0 Å². The first-order valence-electron chi connectivity index (χ1n) is 7.99. The number of hydrogen-bond donors (Lipinski definition) is 2. The molecule has 2 N–H and O–H groups in total. The molecule has 1 saturated heterocycles. The van der Waals surface area contributed by atoms with Crippen LogP contribution in [-0.4, -0.2) is 44.5 Å². The Balaban J connectivity index is 2.67. The quantitative estimate of drug-likeness (QED) is 0.525. The van der Waals surface area contributed by atoms with E-state index in [9.17, 15) is 14.7 Å². The van der Waals surface area contributed by atoms with Crippen LogP contribution in [0.15, 0.2) is 0 Å². The summed E-state index contributed by atoms with van der Waals surface area (Å²) in [5.74, 6) is 0.269. The molecule has 1 aliphatic rings. The van der Waals surface area contributed by atoms with Crippen LogP contribution in [-0.2, 0) is 9.59 Å². The van der Waals surface area contributed by atoms with Gasteiger partial charge in [-0.25, -0.2) is 4.79 Å². The van der Waals surface area contributed by atoms with Crippen molar-refractivity contribution in [3.63, 3.8) is 0 Å². The average Bonchev–Trinajstić information content (AvgIpc) is 2.48. The van der Waals surface area contributed by atoms with E-state index in [0.717, 1.165) is 12.2 Å². The summed E-state index contributed by atoms with van der Waals surface area (Å²) in [6.07, 6.45) is 6.00. The molecule has 2 atom stereocenters. The minimum absolute atomic E-state index is 0.201. The topological polar surface area (TPSA) is 66.4 Å². The van der Waals surface area contributed by atoms with Crippen LogP contribution in [0.5, 0.6) is 0 Å². The normalized spacial score (nSPS) is 26.7. The third-order valence-corrected chi connectivity index (χ3v) is 9.72. The Morgan fingerprint density at radius 1 is 1.35 bits per heavy atom. The number of nitrogens with one attached hydrogen (secondary N) is 1. The average molecular weight is 398 g/mol. The lowest BCUT2D eigenvalue weighted by atomic mass is 10.1. The fourth-order valence-corrected chi connectivity index (χ4v) is 7.58. The van der Waals surface area contributed by atoms with E-state index in [0.29, 0.717) is 11.0 Å². The van der Waals surface area contributed by atoms with E-state index < -0.39 is 16.8 Å². The number of carboxylic acid groups (broad SMARTS) is 1. The fraction of sp³-hybridized carbons (Fsp3) is 0.867. The lowest BCUT2D eigenvalue weighted by molar-refractivity contribution is -0.141. The van der Waals surface area contributed by atoms with Crippen LogP contribution in [0, 0.1) is 0 Å². The number of carbonyl (C=O) groups is 2. The molecule has 1 rings (SSSR count). The molecule has 0 saturated carbocycles. The lowest BCUT2D eigenvalue weighted by Gasteiger charge is -2.26. The maximum atomic E-state index is 12.3. The molecule has 23 heavy (non-hydrogen) atoms. The molecule has 1 fully saturated rings. The van der Waals surface area contributed by atoms with Crippen LogP contribution in [0.25, 0.3) is 0 Å². The van der Waals surface area contributed by atoms with E-state index in [-0.39, 0.29) is 5.91 Å². The largest absolute Gasteiger partial charge is 0.480 e. The molecule has 1 aliphatic heterocycles. The first kappa shape index (κ1) is 21.4. The minimum Gasteiger partial charge on any atom is -0.480 e. The van der Waals surface area contributed by atoms with Crippen LogP contribution in [0.4, 0.5) is 0 Å². The highest BCUT2D eigenvalue weighted by molar-refractivity contribution is 8.77. The van der Waals surface area contributed by atoms with Crippen LogP contribution in [0.1, 0.15) is 52.9 Å². The Morgan fingerprint density at radius 2 is 2.09 bits per heavy atom. The maximum absolute atomic E-state index is 12.3. The zero-order valence-corrected chi connectivity index (χ0v) is 17.3. The van der Waals surface area contributed by atoms with Crippen molar-refractivity contribution in [2.24, 2.45) is 0 Å². The number of carboxylic acids is 1. The summed E-state index contributed by atoms with van der Waals surface area (Å²) in [7, 11) is 6.62. The van der Waals surface area contributed by atoms with Gasteiger partial charge < -0.3 is 10.4 Å². The molecule has 0 aromatic heterocycles. The van der Waals surface area contributed by atoms with Gasteiger partial charge in [0, 0.05) is 16.8 Å². The third-order valence-electron chi connectivity index (χ3n) is 3.51. The van der Waals surface area contributed by atoms with E-state index in [2.05, 4.69) is 12.2 Å². The zero-order valence-electron chi connectivity index (χ0n) is 14.0. The van der Waals surface area contributed by atoms with Crippen molar-refractivity contribution in [2.45, 2.75) is 68.9 Å². The summed E-state index contributed by atoms with van der Waals surface area (Å²) >= 11 is 0. The van der Waals surface area contributed by atoms with Crippen molar-refractivity contribution in [2.75, 3.05) is 11.5 Å². The Hall–Kier alpha value is 0.340. The zero-order chi connectivity index (χ0) is 17.3. The third kappa shape index (κ3) is 8.31.